The predicted molar refractivity (Wildman–Crippen MR) is 294 cm³/mol. The van der Waals surface area contributed by atoms with Gasteiger partial charge in [-0.05, 0) is 71.6 Å². The highest BCUT2D eigenvalue weighted by atomic mass is 31.2. The van der Waals surface area contributed by atoms with Crippen molar-refractivity contribution in [1.29, 1.82) is 0 Å². The van der Waals surface area contributed by atoms with Crippen LogP contribution in [0.15, 0.2) is 24.3 Å². The van der Waals surface area contributed by atoms with Crippen LogP contribution < -0.4 is 10.6 Å². The Morgan fingerprint density at radius 3 is 1.86 bits per heavy atom. The van der Waals surface area contributed by atoms with Gasteiger partial charge in [0.15, 0.2) is 18.7 Å². The summed E-state index contributed by atoms with van der Waals surface area (Å²) in [6.07, 6.45) is 13.2. The minimum Gasteiger partial charge on any atom is -0.461 e. The molecule has 2 aliphatic rings. The molecule has 2 amide bonds. The number of carbonyl (C=O) groups is 4. The van der Waals surface area contributed by atoms with Crippen molar-refractivity contribution in [2.75, 3.05) is 53.2 Å². The zero-order valence-electron chi connectivity index (χ0n) is 48.0. The topological polar surface area (TPSA) is 314 Å². The molecule has 8 N–H and O–H groups in total. The molecule has 0 aromatic rings. The molecule has 0 aliphatic carbocycles. The number of allylic oxidation sites excluding steroid dienone is 3. The van der Waals surface area contributed by atoms with Crippen LogP contribution in [0.4, 0.5) is 0 Å². The fraction of sp³-hybridized carbons (Fsp3) is 0.857. The lowest BCUT2D eigenvalue weighted by Gasteiger charge is -2.45. The van der Waals surface area contributed by atoms with E-state index in [9.17, 15) is 54.4 Å². The number of phosphoric ester groups is 1. The third-order valence-corrected chi connectivity index (χ3v) is 15.1. The minimum absolute atomic E-state index is 0.0318. The van der Waals surface area contributed by atoms with Gasteiger partial charge in [0.25, 0.3) is 0 Å². The number of ether oxygens (including phenoxy) is 6. The maximum absolute atomic E-state index is 13.4. The second-order valence-electron chi connectivity index (χ2n) is 20.4. The second kappa shape index (κ2) is 43.7. The van der Waals surface area contributed by atoms with E-state index in [1.54, 1.807) is 12.2 Å². The third-order valence-electron chi connectivity index (χ3n) is 13.7. The van der Waals surface area contributed by atoms with Crippen molar-refractivity contribution in [3.8, 4) is 0 Å². The Bertz CT molecular complexity index is 1750. The van der Waals surface area contributed by atoms with Crippen LogP contribution in [0.1, 0.15) is 182 Å². The molecule has 2 saturated heterocycles. The van der Waals surface area contributed by atoms with Crippen molar-refractivity contribution in [2.24, 2.45) is 5.92 Å². The van der Waals surface area contributed by atoms with E-state index in [1.165, 1.54) is 45.4 Å². The molecule has 2 fully saturated rings. The van der Waals surface area contributed by atoms with Crippen LogP contribution in [0, 0.1) is 5.92 Å². The Morgan fingerprint density at radius 1 is 0.646 bits per heavy atom. The molecule has 0 bridgehead atoms. The third kappa shape index (κ3) is 30.8. The summed E-state index contributed by atoms with van der Waals surface area (Å²) in [4.78, 5) is 51.2. The van der Waals surface area contributed by atoms with Gasteiger partial charge in [0.05, 0.1) is 38.4 Å². The molecule has 79 heavy (non-hydrogen) atoms. The first-order valence-corrected chi connectivity index (χ1v) is 30.7. The van der Waals surface area contributed by atoms with Crippen molar-refractivity contribution in [3.05, 3.63) is 24.3 Å². The van der Waals surface area contributed by atoms with E-state index in [0.717, 1.165) is 71.3 Å². The van der Waals surface area contributed by atoms with Gasteiger partial charge in [0.1, 0.15) is 49.3 Å². The summed E-state index contributed by atoms with van der Waals surface area (Å²) in [5.41, 5.74) is 0. The van der Waals surface area contributed by atoms with Crippen LogP contribution in [0.5, 0.6) is 0 Å². The molecule has 0 radical (unpaired) electrons. The Balaban J connectivity index is 1.75. The van der Waals surface area contributed by atoms with Gasteiger partial charge in [0, 0.05) is 39.5 Å². The summed E-state index contributed by atoms with van der Waals surface area (Å²) >= 11 is 0. The van der Waals surface area contributed by atoms with Gasteiger partial charge < -0.3 is 69.7 Å². The lowest BCUT2D eigenvalue weighted by Crippen LogP contribution is -2.64. The summed E-state index contributed by atoms with van der Waals surface area (Å²) < 4.78 is 63.3. The van der Waals surface area contributed by atoms with Crippen molar-refractivity contribution >= 4 is 31.6 Å². The summed E-state index contributed by atoms with van der Waals surface area (Å²) in [5, 5.41) is 66.9. The van der Waals surface area contributed by atoms with Crippen LogP contribution in [-0.2, 0) is 65.7 Å². The quantitative estimate of drug-likeness (QED) is 0.0144. The lowest BCUT2D eigenvalue weighted by molar-refractivity contribution is -0.364. The molecule has 23 heteroatoms. The van der Waals surface area contributed by atoms with Crippen molar-refractivity contribution in [1.82, 2.24) is 10.6 Å². The van der Waals surface area contributed by atoms with Crippen LogP contribution in [0.25, 0.3) is 0 Å². The van der Waals surface area contributed by atoms with Crippen LogP contribution in [0.2, 0.25) is 0 Å². The zero-order chi connectivity index (χ0) is 58.3. The van der Waals surface area contributed by atoms with E-state index >= 15 is 0 Å². The predicted octanol–water partition coefficient (Wildman–Crippen LogP) is 6.28. The molecule has 13 atom stereocenters. The van der Waals surface area contributed by atoms with Crippen molar-refractivity contribution in [2.45, 2.75) is 249 Å². The van der Waals surface area contributed by atoms with Gasteiger partial charge in [-0.25, -0.2) is 4.57 Å². The number of unbranched alkanes of at least 4 members (excludes halogenated alkanes) is 15. The highest BCUT2D eigenvalue weighted by Crippen LogP contribution is 2.48. The van der Waals surface area contributed by atoms with E-state index in [2.05, 4.69) is 36.6 Å². The Labute approximate surface area is 470 Å². The molecule has 0 aromatic heterocycles. The smallest absolute Gasteiger partial charge is 0.461 e. The normalized spacial score (nSPS) is 25.0. The average molecular weight is 1150 g/mol. The first kappa shape index (κ1) is 72.2. The molecule has 0 spiro atoms. The van der Waals surface area contributed by atoms with E-state index in [4.69, 9.17) is 42.0 Å². The Hall–Kier alpha value is -2.93. The SMILES string of the molecule is C/C=C\C(CCCCCC)C(=O)OC[C@H](COP(=O)(OC)OCCNC(=O)CCCCC(=O)NCCCO[C@@H]1OC(CO)[C@H](O)[C@H](O)C1O[C@@H]1OC(C)[C@@H](O)[C@H](O)C1O)OC(=O)CCCCCCC/C=C/CCCCCCCC. The highest BCUT2D eigenvalue weighted by molar-refractivity contribution is 7.48. The van der Waals surface area contributed by atoms with E-state index < -0.39 is 106 Å². The second-order valence-corrected chi connectivity index (χ2v) is 22.2. The van der Waals surface area contributed by atoms with E-state index in [-0.39, 0.29) is 70.4 Å². The van der Waals surface area contributed by atoms with Gasteiger partial charge in [-0.1, -0.05) is 115 Å². The number of carbonyl (C=O) groups excluding carboxylic acids is 4. The maximum Gasteiger partial charge on any atom is 0.474 e. The molecule has 2 aliphatic heterocycles. The Kier molecular flexibility index (Phi) is 39.9. The number of rotatable bonds is 46. The van der Waals surface area contributed by atoms with Gasteiger partial charge in [0.2, 0.25) is 11.8 Å². The molecule has 22 nitrogen and oxygen atoms in total. The first-order chi connectivity index (χ1) is 38.0. The van der Waals surface area contributed by atoms with Crippen molar-refractivity contribution < 1.29 is 96.4 Å². The summed E-state index contributed by atoms with van der Waals surface area (Å²) in [7, 11) is -3.08. The zero-order valence-corrected chi connectivity index (χ0v) is 48.9. The molecule has 460 valence electrons. The van der Waals surface area contributed by atoms with Gasteiger partial charge in [-0.15, -0.1) is 0 Å². The van der Waals surface area contributed by atoms with Gasteiger partial charge in [-0.2, -0.15) is 0 Å². The number of esters is 2. The molecular weight excluding hydrogens is 1050 g/mol. The Morgan fingerprint density at radius 2 is 1.24 bits per heavy atom. The number of hydrogen-bond donors (Lipinski definition) is 8. The number of hydrogen-bond acceptors (Lipinski definition) is 20. The summed E-state index contributed by atoms with van der Waals surface area (Å²) in [6.45, 7) is 6.03. The van der Waals surface area contributed by atoms with E-state index in [1.807, 2.05) is 6.92 Å². The average Bonchev–Trinajstić information content (AvgIpc) is 3.46. The van der Waals surface area contributed by atoms with Crippen LogP contribution in [0.3, 0.4) is 0 Å². The highest BCUT2D eigenvalue weighted by Gasteiger charge is 2.50. The molecule has 0 saturated carbocycles. The minimum atomic E-state index is -4.21. The summed E-state index contributed by atoms with van der Waals surface area (Å²) in [6, 6.07) is 0. The van der Waals surface area contributed by atoms with E-state index in [0.29, 0.717) is 25.7 Å². The standard InChI is InChI=1S/C56H101N2O20P/c1-6-9-11-13-14-15-16-17-18-19-20-21-22-23-25-33-47(62)76-43(39-72-54(68)42(29-8-3)30-24-12-10-7-2)40-74-79(69,70-5)73-37-35-58-46(61)32-27-26-31-45(60)57-34-28-36-71-56-53(51(66)49(64)44(38-59)77-56)78-55-52(67)50(65)48(63)41(4)75-55/h8,17-18,29,41-44,48-53,55-56,59,63-67H,6-7,9-16,19-28,30-40H2,1-5H3,(H,57,60)(H,58,61)/b18-17+,29-8-/t41?,42?,43-,44?,48-,49+,50+,51+,52?,53?,55+,56-,79?/m1/s1. The number of phosphoric acid groups is 1. The van der Waals surface area contributed by atoms with Crippen LogP contribution in [-0.4, -0.2) is 175 Å². The number of aliphatic hydroxyl groups excluding tert-OH is 6. The monoisotopic (exact) mass is 1150 g/mol. The van der Waals surface area contributed by atoms with Gasteiger partial charge >= 0.3 is 19.8 Å². The number of nitrogens with one attached hydrogen (secondary N) is 2. The number of aliphatic hydroxyl groups is 6. The first-order valence-electron chi connectivity index (χ1n) is 29.3. The fourth-order valence-electron chi connectivity index (χ4n) is 8.83. The maximum atomic E-state index is 13.4. The lowest BCUT2D eigenvalue weighted by atomic mass is 9.97. The molecule has 0 aromatic carbocycles. The van der Waals surface area contributed by atoms with Crippen LogP contribution >= 0.6 is 7.82 Å². The molecule has 2 heterocycles. The van der Waals surface area contributed by atoms with Gasteiger partial charge in [-0.3, -0.25) is 32.7 Å². The molecule has 6 unspecified atom stereocenters. The molecular formula is C56H101N2O20P. The molecule has 2 rings (SSSR count). The number of amides is 2. The largest absolute Gasteiger partial charge is 0.474 e. The fourth-order valence-corrected chi connectivity index (χ4v) is 9.78. The summed E-state index contributed by atoms with van der Waals surface area (Å²) in [5.74, 6) is -2.05. The van der Waals surface area contributed by atoms with Crippen molar-refractivity contribution in [3.63, 3.8) is 0 Å².